The first-order valence-corrected chi connectivity index (χ1v) is 9.18. The van der Waals surface area contributed by atoms with Crippen molar-refractivity contribution < 1.29 is 23.0 Å². The second-order valence-corrected chi connectivity index (χ2v) is 8.23. The number of pyridine rings is 2. The Morgan fingerprint density at radius 1 is 1.29 bits per heavy atom. The van der Waals surface area contributed by atoms with E-state index in [9.17, 15) is 18.3 Å². The van der Waals surface area contributed by atoms with Crippen LogP contribution in [0, 0.1) is 5.41 Å². The van der Waals surface area contributed by atoms with Crippen LogP contribution in [0.1, 0.15) is 24.1 Å². The number of alkyl halides is 3. The second-order valence-electron chi connectivity index (χ2n) is 7.82. The SMILES string of the molecule is COc1ccncc1CC1(O)CC2(CN(c3cnc(C(F)(F)F)c(Cl)c3)C2)C1. The average molecular weight is 414 g/mol. The number of hydrogen-bond acceptors (Lipinski definition) is 5. The van der Waals surface area contributed by atoms with Gasteiger partial charge in [0.25, 0.3) is 0 Å². The molecule has 0 amide bonds. The minimum absolute atomic E-state index is 0.0284. The molecule has 4 rings (SSSR count). The topological polar surface area (TPSA) is 58.5 Å². The van der Waals surface area contributed by atoms with Crippen molar-refractivity contribution in [3.8, 4) is 5.75 Å². The van der Waals surface area contributed by atoms with E-state index in [0.29, 0.717) is 43.8 Å². The Morgan fingerprint density at radius 3 is 2.61 bits per heavy atom. The molecule has 1 aliphatic carbocycles. The molecule has 0 radical (unpaired) electrons. The van der Waals surface area contributed by atoms with E-state index in [1.165, 1.54) is 12.3 Å². The van der Waals surface area contributed by atoms with Gasteiger partial charge in [-0.15, -0.1) is 0 Å². The van der Waals surface area contributed by atoms with E-state index in [4.69, 9.17) is 16.3 Å². The van der Waals surface area contributed by atoms with Crippen LogP contribution in [0.5, 0.6) is 5.75 Å². The smallest absolute Gasteiger partial charge is 0.434 e. The number of ether oxygens (including phenoxy) is 1. The summed E-state index contributed by atoms with van der Waals surface area (Å²) < 4.78 is 43.7. The van der Waals surface area contributed by atoms with Crippen molar-refractivity contribution in [1.82, 2.24) is 9.97 Å². The van der Waals surface area contributed by atoms with Gasteiger partial charge in [0.1, 0.15) is 5.75 Å². The van der Waals surface area contributed by atoms with Gasteiger partial charge in [0.05, 0.1) is 29.6 Å². The van der Waals surface area contributed by atoms with E-state index in [1.54, 1.807) is 25.6 Å². The lowest BCUT2D eigenvalue weighted by atomic mass is 9.54. The minimum atomic E-state index is -4.57. The second kappa shape index (κ2) is 6.49. The molecule has 1 spiro atoms. The van der Waals surface area contributed by atoms with E-state index in [2.05, 4.69) is 9.97 Å². The maximum absolute atomic E-state index is 12.8. The lowest BCUT2D eigenvalue weighted by Gasteiger charge is -2.63. The molecular formula is C19H19ClF3N3O2. The highest BCUT2D eigenvalue weighted by Crippen LogP contribution is 2.56. The summed E-state index contributed by atoms with van der Waals surface area (Å²) in [6.45, 7) is 1.31. The van der Waals surface area contributed by atoms with Crippen LogP contribution in [0.2, 0.25) is 5.02 Å². The quantitative estimate of drug-likeness (QED) is 0.827. The number of nitrogens with zero attached hydrogens (tertiary/aromatic N) is 3. The number of aliphatic hydroxyl groups is 1. The molecule has 9 heteroatoms. The van der Waals surface area contributed by atoms with Crippen LogP contribution in [-0.4, -0.2) is 40.9 Å². The zero-order chi connectivity index (χ0) is 20.2. The molecular weight excluding hydrogens is 395 g/mol. The highest BCUT2D eigenvalue weighted by Gasteiger charge is 2.59. The summed E-state index contributed by atoms with van der Waals surface area (Å²) in [7, 11) is 1.58. The van der Waals surface area contributed by atoms with Crippen LogP contribution >= 0.6 is 11.6 Å². The standard InChI is InChI=1S/C19H19ClF3N3O2/c1-28-15-2-3-24-6-12(15)5-18(27)8-17(9-18)10-26(11-17)13-4-14(20)16(25-7-13)19(21,22)23/h2-4,6-7,27H,5,8-11H2,1H3. The van der Waals surface area contributed by atoms with Crippen LogP contribution < -0.4 is 9.64 Å². The molecule has 1 saturated heterocycles. The predicted molar refractivity (Wildman–Crippen MR) is 97.6 cm³/mol. The third-order valence-electron chi connectivity index (χ3n) is 5.52. The molecule has 1 saturated carbocycles. The van der Waals surface area contributed by atoms with Crippen LogP contribution in [0.15, 0.2) is 30.7 Å². The normalized spacial score (nSPS) is 19.9. The monoisotopic (exact) mass is 413 g/mol. The van der Waals surface area contributed by atoms with Gasteiger partial charge in [-0.25, -0.2) is 4.98 Å². The van der Waals surface area contributed by atoms with Crippen LogP contribution in [0.3, 0.4) is 0 Å². The van der Waals surface area contributed by atoms with Gasteiger partial charge >= 0.3 is 6.18 Å². The molecule has 150 valence electrons. The van der Waals surface area contributed by atoms with Gasteiger partial charge in [0.2, 0.25) is 0 Å². The van der Waals surface area contributed by atoms with Gasteiger partial charge in [0.15, 0.2) is 5.69 Å². The molecule has 2 fully saturated rings. The zero-order valence-electron chi connectivity index (χ0n) is 15.1. The molecule has 0 bridgehead atoms. The molecule has 1 N–H and O–H groups in total. The lowest BCUT2D eigenvalue weighted by Crippen LogP contribution is -2.68. The first-order valence-electron chi connectivity index (χ1n) is 8.80. The van der Waals surface area contributed by atoms with Crippen LogP contribution in [0.4, 0.5) is 18.9 Å². The largest absolute Gasteiger partial charge is 0.496 e. The zero-order valence-corrected chi connectivity index (χ0v) is 15.9. The van der Waals surface area contributed by atoms with Gasteiger partial charge in [0, 0.05) is 42.9 Å². The number of rotatable bonds is 4. The van der Waals surface area contributed by atoms with Crippen molar-refractivity contribution in [3.63, 3.8) is 0 Å². The summed E-state index contributed by atoms with van der Waals surface area (Å²) in [5.74, 6) is 0.699. The van der Waals surface area contributed by atoms with Crippen LogP contribution in [0.25, 0.3) is 0 Å². The fourth-order valence-corrected chi connectivity index (χ4v) is 4.82. The van der Waals surface area contributed by atoms with E-state index < -0.39 is 22.5 Å². The fourth-order valence-electron chi connectivity index (χ4n) is 4.55. The molecule has 1 aliphatic heterocycles. The van der Waals surface area contributed by atoms with Gasteiger partial charge in [-0.05, 0) is 25.0 Å². The Hall–Kier alpha value is -2.06. The van der Waals surface area contributed by atoms with E-state index in [0.717, 1.165) is 5.56 Å². The maximum atomic E-state index is 12.8. The number of aromatic nitrogens is 2. The van der Waals surface area contributed by atoms with E-state index in [1.807, 2.05) is 4.90 Å². The molecule has 2 aromatic heterocycles. The molecule has 0 unspecified atom stereocenters. The first-order chi connectivity index (χ1) is 13.1. The molecule has 3 heterocycles. The fraction of sp³-hybridized carbons (Fsp3) is 0.474. The van der Waals surface area contributed by atoms with Gasteiger partial charge in [-0.1, -0.05) is 11.6 Å². The van der Waals surface area contributed by atoms with E-state index >= 15 is 0 Å². The van der Waals surface area contributed by atoms with Crippen molar-refractivity contribution in [2.24, 2.45) is 5.41 Å². The Morgan fingerprint density at radius 2 is 2.00 bits per heavy atom. The summed E-state index contributed by atoms with van der Waals surface area (Å²) in [5, 5.41) is 10.4. The summed E-state index contributed by atoms with van der Waals surface area (Å²) >= 11 is 5.76. The van der Waals surface area contributed by atoms with Gasteiger partial charge in [-0.3, -0.25) is 4.98 Å². The van der Waals surface area contributed by atoms with E-state index in [-0.39, 0.29) is 5.41 Å². The van der Waals surface area contributed by atoms with Crippen molar-refractivity contribution in [1.29, 1.82) is 0 Å². The number of hydrogen-bond donors (Lipinski definition) is 1. The Labute approximate surface area is 165 Å². The summed E-state index contributed by atoms with van der Waals surface area (Å²) in [4.78, 5) is 9.50. The highest BCUT2D eigenvalue weighted by molar-refractivity contribution is 6.31. The maximum Gasteiger partial charge on any atom is 0.434 e. The summed E-state index contributed by atoms with van der Waals surface area (Å²) in [6, 6.07) is 3.06. The first kappa shape index (κ1) is 19.3. The average Bonchev–Trinajstić information content (AvgIpc) is 2.56. The summed E-state index contributed by atoms with van der Waals surface area (Å²) in [5.41, 5.74) is -0.500. The number of anilines is 1. The molecule has 2 aliphatic rings. The molecule has 2 aromatic rings. The van der Waals surface area contributed by atoms with Crippen LogP contribution in [-0.2, 0) is 12.6 Å². The van der Waals surface area contributed by atoms with Crippen molar-refractivity contribution in [3.05, 3.63) is 47.0 Å². The third kappa shape index (κ3) is 3.39. The van der Waals surface area contributed by atoms with Crippen molar-refractivity contribution in [2.75, 3.05) is 25.1 Å². The molecule has 28 heavy (non-hydrogen) atoms. The molecule has 0 aromatic carbocycles. The number of methoxy groups -OCH3 is 1. The van der Waals surface area contributed by atoms with Gasteiger partial charge in [-0.2, -0.15) is 13.2 Å². The summed E-state index contributed by atoms with van der Waals surface area (Å²) in [6.07, 6.45) is 1.68. The lowest BCUT2D eigenvalue weighted by molar-refractivity contribution is -0.141. The van der Waals surface area contributed by atoms with Gasteiger partial charge < -0.3 is 14.7 Å². The Balaban J connectivity index is 1.38. The number of halogens is 4. The molecule has 0 atom stereocenters. The van der Waals surface area contributed by atoms with Crippen molar-refractivity contribution >= 4 is 17.3 Å². The van der Waals surface area contributed by atoms with Crippen molar-refractivity contribution in [2.45, 2.75) is 31.0 Å². The third-order valence-corrected chi connectivity index (χ3v) is 5.81. The Kier molecular flexibility index (Phi) is 4.46. The minimum Gasteiger partial charge on any atom is -0.496 e. The predicted octanol–water partition coefficient (Wildman–Crippen LogP) is 3.73. The Bertz CT molecular complexity index is 892. The highest BCUT2D eigenvalue weighted by atomic mass is 35.5. The molecule has 5 nitrogen and oxygen atoms in total.